The van der Waals surface area contributed by atoms with Crippen molar-refractivity contribution in [3.63, 3.8) is 0 Å². The molecule has 0 unspecified atom stereocenters. The maximum atomic E-state index is 12.4. The van der Waals surface area contributed by atoms with Gasteiger partial charge in [-0.25, -0.2) is 5.43 Å². The number of hydrogen-bond donors (Lipinski definition) is 1. The Hall–Kier alpha value is -2.94. The number of hydrazone groups is 1. The molecule has 0 aliphatic heterocycles. The average molecular weight is 387 g/mol. The normalized spacial score (nSPS) is 19.7. The van der Waals surface area contributed by atoms with E-state index in [4.69, 9.17) is 0 Å². The molecule has 0 aromatic heterocycles. The summed E-state index contributed by atoms with van der Waals surface area (Å²) in [5, 5.41) is 4.20. The Bertz CT molecular complexity index is 915. The fourth-order valence-corrected chi connectivity index (χ4v) is 3.27. The molecule has 0 bridgehead atoms. The van der Waals surface area contributed by atoms with E-state index in [0.29, 0.717) is 5.92 Å². The molecular weight excluding hydrogens is 356 g/mol. The molecule has 1 fully saturated rings. The molecule has 0 radical (unpaired) electrons. The maximum Gasteiger partial charge on any atom is 0.243 e. The smallest absolute Gasteiger partial charge is 0.243 e. The minimum atomic E-state index is 0.00229. The number of hydrogen-bond acceptors (Lipinski definition) is 2. The van der Waals surface area contributed by atoms with Crippen LogP contribution in [0.3, 0.4) is 0 Å². The predicted octanol–water partition coefficient (Wildman–Crippen LogP) is 5.85. The number of rotatable bonds is 6. The second-order valence-corrected chi connectivity index (χ2v) is 8.68. The van der Waals surface area contributed by atoms with E-state index in [9.17, 15) is 4.79 Å². The zero-order chi connectivity index (χ0) is 20.9. The summed E-state index contributed by atoms with van der Waals surface area (Å²) in [6.07, 6.45) is 8.70. The SMILES string of the molecule is CC(/C=C/C=C/c1ccccc1)=N\NC(=O)[C@@H]1C[C@@H]1c1ccc(C(C)(C)C)cc1. The van der Waals surface area contributed by atoms with Crippen LogP contribution in [-0.4, -0.2) is 11.6 Å². The second kappa shape index (κ2) is 9.04. The molecule has 2 aromatic rings. The standard InChI is InChI=1S/C26H30N2O/c1-19(10-8-9-13-20-11-6-5-7-12-20)27-28-25(29)24-18-23(24)21-14-16-22(17-15-21)26(2,3)4/h5-17,23-24H,18H2,1-4H3,(H,28,29)/b10-8+,13-9+,27-19+/t23-,24-/m1/s1. The van der Waals surface area contributed by atoms with Gasteiger partial charge in [-0.05, 0) is 47.4 Å². The molecule has 3 nitrogen and oxygen atoms in total. The first-order valence-electron chi connectivity index (χ1n) is 10.2. The van der Waals surface area contributed by atoms with Crippen molar-refractivity contribution >= 4 is 17.7 Å². The first-order chi connectivity index (χ1) is 13.8. The summed E-state index contributed by atoms with van der Waals surface area (Å²) in [5.74, 6) is 0.334. The fraction of sp³-hybridized carbons (Fsp3) is 0.308. The minimum absolute atomic E-state index is 0.00229. The van der Waals surface area contributed by atoms with E-state index in [0.717, 1.165) is 17.7 Å². The van der Waals surface area contributed by atoms with Crippen molar-refractivity contribution in [1.82, 2.24) is 5.43 Å². The summed E-state index contributed by atoms with van der Waals surface area (Å²) in [7, 11) is 0. The van der Waals surface area contributed by atoms with Gasteiger partial charge in [-0.2, -0.15) is 5.10 Å². The monoisotopic (exact) mass is 386 g/mol. The van der Waals surface area contributed by atoms with Gasteiger partial charge >= 0.3 is 0 Å². The van der Waals surface area contributed by atoms with E-state index < -0.39 is 0 Å². The summed E-state index contributed by atoms with van der Waals surface area (Å²) in [6, 6.07) is 18.8. The van der Waals surface area contributed by atoms with Gasteiger partial charge < -0.3 is 0 Å². The highest BCUT2D eigenvalue weighted by Gasteiger charge is 2.44. The molecule has 3 rings (SSSR count). The lowest BCUT2D eigenvalue weighted by Gasteiger charge is -2.19. The van der Waals surface area contributed by atoms with Crippen LogP contribution < -0.4 is 5.43 Å². The van der Waals surface area contributed by atoms with Crippen LogP contribution in [0.2, 0.25) is 0 Å². The lowest BCUT2D eigenvalue weighted by molar-refractivity contribution is -0.122. The van der Waals surface area contributed by atoms with Crippen LogP contribution >= 0.6 is 0 Å². The van der Waals surface area contributed by atoms with Gasteiger partial charge in [-0.15, -0.1) is 0 Å². The van der Waals surface area contributed by atoms with Crippen LogP contribution in [0.4, 0.5) is 0 Å². The molecule has 0 heterocycles. The number of nitrogens with one attached hydrogen (secondary N) is 1. The molecule has 0 saturated heterocycles. The Morgan fingerprint density at radius 2 is 1.72 bits per heavy atom. The van der Waals surface area contributed by atoms with Crippen molar-refractivity contribution in [2.45, 2.75) is 45.4 Å². The third-order valence-electron chi connectivity index (χ3n) is 5.21. The Labute approximate surface area is 174 Å². The first kappa shape index (κ1) is 20.8. The predicted molar refractivity (Wildman–Crippen MR) is 122 cm³/mol. The van der Waals surface area contributed by atoms with Crippen LogP contribution in [0, 0.1) is 5.92 Å². The van der Waals surface area contributed by atoms with Gasteiger partial charge in [0.1, 0.15) is 0 Å². The summed E-state index contributed by atoms with van der Waals surface area (Å²) >= 11 is 0. The van der Waals surface area contributed by atoms with Crippen molar-refractivity contribution in [2.75, 3.05) is 0 Å². The summed E-state index contributed by atoms with van der Waals surface area (Å²) in [4.78, 5) is 12.4. The molecule has 2 atom stereocenters. The first-order valence-corrected chi connectivity index (χ1v) is 10.2. The Kier molecular flexibility index (Phi) is 6.48. The number of carbonyl (C=O) groups is 1. The largest absolute Gasteiger partial charge is 0.273 e. The third kappa shape index (κ3) is 6.02. The van der Waals surface area contributed by atoms with Gasteiger partial charge in [0.05, 0.1) is 5.71 Å². The van der Waals surface area contributed by atoms with E-state index >= 15 is 0 Å². The highest BCUT2D eigenvalue weighted by atomic mass is 16.2. The highest BCUT2D eigenvalue weighted by Crippen LogP contribution is 2.47. The molecule has 0 spiro atoms. The molecule has 2 aromatic carbocycles. The molecule has 150 valence electrons. The minimum Gasteiger partial charge on any atom is -0.273 e. The molecular formula is C26H30N2O. The van der Waals surface area contributed by atoms with Gasteiger partial charge in [0.25, 0.3) is 0 Å². The molecule has 29 heavy (non-hydrogen) atoms. The molecule has 1 amide bonds. The zero-order valence-electron chi connectivity index (χ0n) is 17.7. The van der Waals surface area contributed by atoms with Crippen molar-refractivity contribution in [3.8, 4) is 0 Å². The van der Waals surface area contributed by atoms with E-state index in [-0.39, 0.29) is 17.2 Å². The van der Waals surface area contributed by atoms with E-state index in [2.05, 4.69) is 55.6 Å². The Morgan fingerprint density at radius 3 is 2.38 bits per heavy atom. The maximum absolute atomic E-state index is 12.4. The van der Waals surface area contributed by atoms with E-state index in [1.165, 1.54) is 11.1 Å². The van der Waals surface area contributed by atoms with Crippen molar-refractivity contribution in [1.29, 1.82) is 0 Å². The summed E-state index contributed by atoms with van der Waals surface area (Å²) in [6.45, 7) is 8.51. The Morgan fingerprint density at radius 1 is 1.03 bits per heavy atom. The third-order valence-corrected chi connectivity index (χ3v) is 5.21. The quantitative estimate of drug-likeness (QED) is 0.378. The number of allylic oxidation sites excluding steroid dienone is 3. The van der Waals surface area contributed by atoms with E-state index in [1.807, 2.05) is 61.6 Å². The summed E-state index contributed by atoms with van der Waals surface area (Å²) < 4.78 is 0. The molecule has 3 heteroatoms. The van der Waals surface area contributed by atoms with Crippen LogP contribution in [0.1, 0.15) is 56.7 Å². The highest BCUT2D eigenvalue weighted by molar-refractivity contribution is 5.94. The van der Waals surface area contributed by atoms with Gasteiger partial charge in [0.2, 0.25) is 5.91 Å². The number of amides is 1. The van der Waals surface area contributed by atoms with Gasteiger partial charge in [0.15, 0.2) is 0 Å². The Balaban J connectivity index is 1.48. The lowest BCUT2D eigenvalue weighted by atomic mass is 9.86. The van der Waals surface area contributed by atoms with E-state index in [1.54, 1.807) is 0 Å². The summed E-state index contributed by atoms with van der Waals surface area (Å²) in [5.41, 5.74) is 7.33. The van der Waals surface area contributed by atoms with Crippen LogP contribution in [0.15, 0.2) is 77.9 Å². The molecule has 1 aliphatic carbocycles. The van der Waals surface area contributed by atoms with Crippen LogP contribution in [0.5, 0.6) is 0 Å². The number of carbonyl (C=O) groups excluding carboxylic acids is 1. The molecule has 1 saturated carbocycles. The molecule has 1 N–H and O–H groups in total. The van der Waals surface area contributed by atoms with Gasteiger partial charge in [-0.3, -0.25) is 4.79 Å². The van der Waals surface area contributed by atoms with Crippen molar-refractivity contribution < 1.29 is 4.79 Å². The lowest BCUT2D eigenvalue weighted by Crippen LogP contribution is -2.21. The second-order valence-electron chi connectivity index (χ2n) is 8.68. The van der Waals surface area contributed by atoms with Crippen molar-refractivity contribution in [3.05, 3.63) is 89.5 Å². The van der Waals surface area contributed by atoms with Gasteiger partial charge in [-0.1, -0.05) is 93.6 Å². The average Bonchev–Trinajstić information content (AvgIpc) is 3.51. The van der Waals surface area contributed by atoms with Crippen LogP contribution in [0.25, 0.3) is 6.08 Å². The fourth-order valence-electron chi connectivity index (χ4n) is 3.27. The number of benzene rings is 2. The number of nitrogens with zero attached hydrogens (tertiary/aromatic N) is 1. The molecule has 1 aliphatic rings. The van der Waals surface area contributed by atoms with Gasteiger partial charge in [0, 0.05) is 5.92 Å². The zero-order valence-corrected chi connectivity index (χ0v) is 17.7. The van der Waals surface area contributed by atoms with Crippen LogP contribution in [-0.2, 0) is 10.2 Å². The topological polar surface area (TPSA) is 41.5 Å². The van der Waals surface area contributed by atoms with Crippen molar-refractivity contribution in [2.24, 2.45) is 11.0 Å².